The molecule has 23 heavy (non-hydrogen) atoms. The van der Waals surface area contributed by atoms with E-state index in [-0.39, 0.29) is 38.6 Å². The Morgan fingerprint density at radius 3 is 2.43 bits per heavy atom. The Kier molecular flexibility index (Phi) is 6.94. The minimum absolute atomic E-state index is 0. The van der Waals surface area contributed by atoms with Gasteiger partial charge in [0.15, 0.2) is 0 Å². The summed E-state index contributed by atoms with van der Waals surface area (Å²) in [6.45, 7) is 4.23. The van der Waals surface area contributed by atoms with Crippen LogP contribution in [-0.2, 0) is 39.1 Å². The molecule has 2 aromatic carbocycles. The number of nitrogens with zero attached hydrogens (tertiary/aromatic N) is 1. The van der Waals surface area contributed by atoms with Gasteiger partial charge in [0.25, 0.3) is 0 Å². The van der Waals surface area contributed by atoms with Gasteiger partial charge in [0.05, 0.1) is 0 Å². The van der Waals surface area contributed by atoms with Gasteiger partial charge in [0.2, 0.25) is 5.88 Å². The van der Waals surface area contributed by atoms with Crippen molar-refractivity contribution in [2.75, 3.05) is 0 Å². The Morgan fingerprint density at radius 2 is 1.78 bits per heavy atom. The molecule has 1 radical (unpaired) electrons. The summed E-state index contributed by atoms with van der Waals surface area (Å²) in [6.07, 6.45) is 2.56. The van der Waals surface area contributed by atoms with Gasteiger partial charge in [0.1, 0.15) is 0 Å². The molecule has 3 rings (SSSR count). The van der Waals surface area contributed by atoms with E-state index >= 15 is 0 Å². The van der Waals surface area contributed by atoms with Gasteiger partial charge in [-0.2, -0.15) is 17.7 Å². The van der Waals surface area contributed by atoms with Crippen LogP contribution in [0.25, 0.3) is 0 Å². The zero-order valence-corrected chi connectivity index (χ0v) is 15.7. The molecule has 0 spiro atoms. The third-order valence-corrected chi connectivity index (χ3v) is 3.45. The third-order valence-electron chi connectivity index (χ3n) is 3.45. The van der Waals surface area contributed by atoms with Crippen molar-refractivity contribution in [2.45, 2.75) is 12.3 Å². The molecule has 0 aliphatic rings. The molecule has 0 aliphatic heterocycles. The normalized spacial score (nSPS) is 11.3. The predicted octanol–water partition coefficient (Wildman–Crippen LogP) is 4.83. The van der Waals surface area contributed by atoms with Crippen LogP contribution in [0.3, 0.4) is 0 Å². The second-order valence-corrected chi connectivity index (χ2v) is 5.13. The Balaban J connectivity index is 0.00000192. The van der Waals surface area contributed by atoms with E-state index in [4.69, 9.17) is 4.74 Å². The van der Waals surface area contributed by atoms with Gasteiger partial charge in [-0.05, 0) is 12.1 Å². The number of hydrogen-bond donors (Lipinski definition) is 0. The van der Waals surface area contributed by atoms with Crippen molar-refractivity contribution in [1.29, 1.82) is 0 Å². The zero-order valence-electron chi connectivity index (χ0n) is 12.9. The quantitative estimate of drug-likeness (QED) is 0.595. The average molecular weight is 376 g/mol. The monoisotopic (exact) mass is 376 g/mol. The Morgan fingerprint density at radius 1 is 1.00 bits per heavy atom. The first kappa shape index (κ1) is 17.8. The average Bonchev–Trinajstić information content (AvgIpc) is 2.58. The molecule has 0 bridgehead atoms. The largest absolute Gasteiger partial charge is 0.503 e. The molecule has 0 saturated heterocycles. The molecule has 113 valence electrons. The number of ether oxygens (including phenoxy) is 1. The van der Waals surface area contributed by atoms with Crippen LogP contribution < -0.4 is 4.74 Å². The van der Waals surface area contributed by atoms with Crippen LogP contribution in [0.15, 0.2) is 72.9 Å². The van der Waals surface area contributed by atoms with Crippen LogP contribution >= 0.6 is 0 Å². The molecule has 0 saturated carbocycles. The van der Waals surface area contributed by atoms with Gasteiger partial charge in [-0.3, -0.25) is 0 Å². The maximum absolute atomic E-state index is 5.66. The molecular weight excluding hydrogens is 359 g/mol. The second kappa shape index (κ2) is 8.95. The topological polar surface area (TPSA) is 22.1 Å². The maximum Gasteiger partial charge on any atom is 0.206 e. The molecule has 1 heterocycles. The van der Waals surface area contributed by atoms with E-state index in [9.17, 15) is 0 Å². The Hall–Kier alpha value is -1.51. The van der Waals surface area contributed by atoms with Gasteiger partial charge in [0, 0.05) is 44.7 Å². The van der Waals surface area contributed by atoms with Gasteiger partial charge in [-0.15, -0.1) is 18.1 Å². The molecule has 0 amide bonds. The van der Waals surface area contributed by atoms with Crippen LogP contribution in [0.5, 0.6) is 11.6 Å². The SMILES string of the molecule is [CH2-]C(Cc1[c-]cc(Oc2ccccn2)cc1)c1ccccc1.[Y]. The molecule has 1 atom stereocenters. The fraction of sp³-hybridized carbons (Fsp3) is 0.100. The van der Waals surface area contributed by atoms with E-state index in [1.807, 2.05) is 54.6 Å². The summed E-state index contributed by atoms with van der Waals surface area (Å²) in [6, 6.07) is 25.0. The minimum atomic E-state index is 0. The first-order chi connectivity index (χ1) is 10.8. The van der Waals surface area contributed by atoms with Crippen LogP contribution in [-0.4, -0.2) is 4.98 Å². The minimum Gasteiger partial charge on any atom is -0.503 e. The number of aromatic nitrogens is 1. The maximum atomic E-state index is 5.66. The smallest absolute Gasteiger partial charge is 0.206 e. The number of benzene rings is 2. The molecule has 0 fully saturated rings. The number of rotatable bonds is 5. The van der Waals surface area contributed by atoms with Crippen molar-refractivity contribution in [3.63, 3.8) is 0 Å². The van der Waals surface area contributed by atoms with Gasteiger partial charge in [-0.25, -0.2) is 4.98 Å². The van der Waals surface area contributed by atoms with E-state index in [1.165, 1.54) is 5.56 Å². The van der Waals surface area contributed by atoms with Gasteiger partial charge in [-0.1, -0.05) is 48.4 Å². The van der Waals surface area contributed by atoms with E-state index in [1.54, 1.807) is 6.20 Å². The molecule has 1 aromatic heterocycles. The first-order valence-corrected chi connectivity index (χ1v) is 7.29. The van der Waals surface area contributed by atoms with Crippen molar-refractivity contribution in [3.05, 3.63) is 97.0 Å². The summed E-state index contributed by atoms with van der Waals surface area (Å²) in [5.41, 5.74) is 2.36. The predicted molar refractivity (Wildman–Crippen MR) is 87.8 cm³/mol. The fourth-order valence-electron chi connectivity index (χ4n) is 2.27. The van der Waals surface area contributed by atoms with E-state index in [0.717, 1.165) is 17.7 Å². The van der Waals surface area contributed by atoms with Crippen molar-refractivity contribution < 1.29 is 37.4 Å². The van der Waals surface area contributed by atoms with Crippen LogP contribution in [0, 0.1) is 13.0 Å². The summed E-state index contributed by atoms with van der Waals surface area (Å²) < 4.78 is 5.66. The zero-order chi connectivity index (χ0) is 15.2. The van der Waals surface area contributed by atoms with Crippen LogP contribution in [0.1, 0.15) is 17.0 Å². The van der Waals surface area contributed by atoms with Gasteiger partial charge < -0.3 is 11.7 Å². The summed E-state index contributed by atoms with van der Waals surface area (Å²) in [5, 5.41) is 0. The summed E-state index contributed by atoms with van der Waals surface area (Å²) in [5.74, 6) is 1.55. The van der Waals surface area contributed by atoms with Crippen LogP contribution in [0.4, 0.5) is 0 Å². The molecule has 3 aromatic rings. The summed E-state index contributed by atoms with van der Waals surface area (Å²) in [4.78, 5) is 4.14. The molecule has 0 aliphatic carbocycles. The molecule has 1 unspecified atom stereocenters. The van der Waals surface area contributed by atoms with E-state index < -0.39 is 0 Å². The van der Waals surface area contributed by atoms with Crippen molar-refractivity contribution in [2.24, 2.45) is 0 Å². The number of pyridine rings is 1. The molecule has 0 N–H and O–H groups in total. The fourth-order valence-corrected chi connectivity index (χ4v) is 2.27. The standard InChI is InChI=1S/C20H17NO.Y/c1-16(18-7-3-2-4-8-18)15-17-10-12-19(13-11-17)22-20-9-5-6-14-21-20;/h2-10,12-14,16H,1,15H2;/q-2;. The molecule has 3 heteroatoms. The second-order valence-electron chi connectivity index (χ2n) is 5.13. The summed E-state index contributed by atoms with van der Waals surface area (Å²) in [7, 11) is 0. The van der Waals surface area contributed by atoms with E-state index in [0.29, 0.717) is 5.88 Å². The van der Waals surface area contributed by atoms with Crippen molar-refractivity contribution in [1.82, 2.24) is 4.98 Å². The van der Waals surface area contributed by atoms with Crippen molar-refractivity contribution >= 4 is 0 Å². The summed E-state index contributed by atoms with van der Waals surface area (Å²) >= 11 is 0. The Labute approximate surface area is 162 Å². The van der Waals surface area contributed by atoms with Crippen LogP contribution in [0.2, 0.25) is 0 Å². The molecule has 2 nitrogen and oxygen atoms in total. The first-order valence-electron chi connectivity index (χ1n) is 7.29. The van der Waals surface area contributed by atoms with E-state index in [2.05, 4.69) is 30.1 Å². The van der Waals surface area contributed by atoms with Crippen molar-refractivity contribution in [3.8, 4) is 11.6 Å². The Bertz CT molecular complexity index is 699. The third kappa shape index (κ3) is 5.26. The number of hydrogen-bond acceptors (Lipinski definition) is 2. The molecular formula is C20H17NOY-2. The van der Waals surface area contributed by atoms with Gasteiger partial charge >= 0.3 is 0 Å².